The van der Waals surface area contributed by atoms with Crippen molar-refractivity contribution >= 4 is 33.7 Å². The van der Waals surface area contributed by atoms with Crippen molar-refractivity contribution in [3.05, 3.63) is 65.4 Å². The molecule has 1 aromatic carbocycles. The Hall–Kier alpha value is -3.61. The van der Waals surface area contributed by atoms with E-state index < -0.39 is 18.0 Å². The van der Waals surface area contributed by atoms with Gasteiger partial charge >= 0.3 is 11.9 Å². The number of carbonyl (C=O) groups is 2. The molecule has 0 aliphatic carbocycles. The SMILES string of the molecule is COC(=O)c1cc2c([nH]c3c(C)cccc32)c(C2C=CC(=COC(C)=O)O2)n1. The number of ether oxygens (including phenoxy) is 3. The third-order valence-corrected chi connectivity index (χ3v) is 4.56. The number of pyridine rings is 1. The summed E-state index contributed by atoms with van der Waals surface area (Å²) >= 11 is 0. The Bertz CT molecular complexity index is 1170. The second-order valence-electron chi connectivity index (χ2n) is 6.46. The number of benzene rings is 1. The Morgan fingerprint density at radius 2 is 2.07 bits per heavy atom. The molecule has 7 heteroatoms. The highest BCUT2D eigenvalue weighted by Gasteiger charge is 2.25. The number of nitrogens with zero attached hydrogens (tertiary/aromatic N) is 1. The molecular formula is C21H18N2O5. The molecule has 0 saturated carbocycles. The second kappa shape index (κ2) is 6.84. The molecule has 1 unspecified atom stereocenters. The van der Waals surface area contributed by atoms with Gasteiger partial charge in [-0.25, -0.2) is 9.78 Å². The predicted octanol–water partition coefficient (Wildman–Crippen LogP) is 3.84. The number of hydrogen-bond acceptors (Lipinski definition) is 6. The van der Waals surface area contributed by atoms with E-state index in [1.807, 2.05) is 25.1 Å². The van der Waals surface area contributed by atoms with Gasteiger partial charge in [-0.05, 0) is 30.7 Å². The third kappa shape index (κ3) is 3.00. The minimum absolute atomic E-state index is 0.196. The maximum Gasteiger partial charge on any atom is 0.356 e. The fourth-order valence-electron chi connectivity index (χ4n) is 3.27. The summed E-state index contributed by atoms with van der Waals surface area (Å²) in [5.41, 5.74) is 3.58. The van der Waals surface area contributed by atoms with Crippen LogP contribution in [-0.4, -0.2) is 29.0 Å². The van der Waals surface area contributed by atoms with Crippen molar-refractivity contribution in [2.24, 2.45) is 0 Å². The number of aryl methyl sites for hydroxylation is 1. The molecule has 0 amide bonds. The molecular weight excluding hydrogens is 360 g/mol. The number of aromatic nitrogens is 2. The first-order valence-electron chi connectivity index (χ1n) is 8.70. The van der Waals surface area contributed by atoms with Crippen LogP contribution in [0, 0.1) is 6.92 Å². The molecule has 0 fully saturated rings. The lowest BCUT2D eigenvalue weighted by molar-refractivity contribution is -0.135. The highest BCUT2D eigenvalue weighted by Crippen LogP contribution is 2.36. The first-order chi connectivity index (χ1) is 13.5. The van der Waals surface area contributed by atoms with Crippen LogP contribution in [0.3, 0.4) is 0 Å². The fourth-order valence-corrected chi connectivity index (χ4v) is 3.27. The summed E-state index contributed by atoms with van der Waals surface area (Å²) in [6.45, 7) is 3.32. The van der Waals surface area contributed by atoms with Gasteiger partial charge in [-0.1, -0.05) is 18.2 Å². The molecule has 0 radical (unpaired) electrons. The molecule has 3 heterocycles. The molecule has 7 nitrogen and oxygen atoms in total. The van der Waals surface area contributed by atoms with Gasteiger partial charge in [0.25, 0.3) is 0 Å². The lowest BCUT2D eigenvalue weighted by atomic mass is 10.1. The van der Waals surface area contributed by atoms with Crippen LogP contribution < -0.4 is 0 Å². The van der Waals surface area contributed by atoms with Crippen molar-refractivity contribution in [3.63, 3.8) is 0 Å². The van der Waals surface area contributed by atoms with E-state index in [4.69, 9.17) is 14.2 Å². The van der Waals surface area contributed by atoms with Crippen LogP contribution in [0.1, 0.15) is 34.8 Å². The normalized spacial score (nSPS) is 17.2. The predicted molar refractivity (Wildman–Crippen MR) is 102 cm³/mol. The van der Waals surface area contributed by atoms with Gasteiger partial charge in [-0.3, -0.25) is 4.79 Å². The van der Waals surface area contributed by atoms with Crippen LogP contribution in [-0.2, 0) is 19.0 Å². The molecule has 0 saturated heterocycles. The largest absolute Gasteiger partial charge is 0.477 e. The van der Waals surface area contributed by atoms with Crippen molar-refractivity contribution in [3.8, 4) is 0 Å². The Labute approximate surface area is 160 Å². The van der Waals surface area contributed by atoms with E-state index in [1.54, 1.807) is 18.2 Å². The highest BCUT2D eigenvalue weighted by molar-refractivity contribution is 6.10. The molecule has 1 aliphatic rings. The first-order valence-corrected chi connectivity index (χ1v) is 8.70. The van der Waals surface area contributed by atoms with E-state index in [0.717, 1.165) is 27.4 Å². The Morgan fingerprint density at radius 3 is 2.82 bits per heavy atom. The minimum Gasteiger partial charge on any atom is -0.477 e. The number of aromatic amines is 1. The van der Waals surface area contributed by atoms with Crippen molar-refractivity contribution in [2.75, 3.05) is 7.11 Å². The number of esters is 2. The van der Waals surface area contributed by atoms with Crippen LogP contribution in [0.4, 0.5) is 0 Å². The molecule has 1 aliphatic heterocycles. The number of H-pyrrole nitrogens is 1. The minimum atomic E-state index is -0.540. The first kappa shape index (κ1) is 17.8. The van der Waals surface area contributed by atoms with E-state index in [2.05, 4.69) is 9.97 Å². The smallest absolute Gasteiger partial charge is 0.356 e. The van der Waals surface area contributed by atoms with Gasteiger partial charge < -0.3 is 19.2 Å². The standard InChI is InChI=1S/C21H18N2O5/c1-11-5-4-6-14-15-9-16(21(25)26-3)22-20(19(15)23-18(11)14)17-8-7-13(28-17)10-27-12(2)24/h4-10,17,23H,1-3H3. The molecule has 3 aromatic rings. The van der Waals surface area contributed by atoms with Crippen LogP contribution in [0.15, 0.2) is 48.4 Å². The summed E-state index contributed by atoms with van der Waals surface area (Å²) < 4.78 is 15.6. The average molecular weight is 378 g/mol. The number of rotatable bonds is 3. The summed E-state index contributed by atoms with van der Waals surface area (Å²) in [6.07, 6.45) is 4.19. The van der Waals surface area contributed by atoms with Gasteiger partial charge in [0.2, 0.25) is 0 Å². The summed E-state index contributed by atoms with van der Waals surface area (Å²) in [7, 11) is 1.32. The number of hydrogen-bond donors (Lipinski definition) is 1. The van der Waals surface area contributed by atoms with Gasteiger partial charge in [0, 0.05) is 23.2 Å². The molecule has 1 N–H and O–H groups in total. The lowest BCUT2D eigenvalue weighted by Crippen LogP contribution is -2.09. The number of para-hydroxylation sites is 1. The zero-order valence-corrected chi connectivity index (χ0v) is 15.6. The van der Waals surface area contributed by atoms with Crippen LogP contribution in [0.2, 0.25) is 0 Å². The molecule has 28 heavy (non-hydrogen) atoms. The van der Waals surface area contributed by atoms with Gasteiger partial charge in [-0.15, -0.1) is 0 Å². The molecule has 4 rings (SSSR count). The molecule has 2 aromatic heterocycles. The van der Waals surface area contributed by atoms with Gasteiger partial charge in [0.05, 0.1) is 12.6 Å². The van der Waals surface area contributed by atoms with E-state index in [1.165, 1.54) is 20.3 Å². The van der Waals surface area contributed by atoms with Gasteiger partial charge in [0.1, 0.15) is 17.6 Å². The van der Waals surface area contributed by atoms with E-state index in [0.29, 0.717) is 11.5 Å². The summed E-state index contributed by atoms with van der Waals surface area (Å²) in [5.74, 6) is -0.569. The third-order valence-electron chi connectivity index (χ3n) is 4.56. The monoisotopic (exact) mass is 378 g/mol. The number of fused-ring (bicyclic) bond motifs is 3. The summed E-state index contributed by atoms with van der Waals surface area (Å²) in [6, 6.07) is 7.69. The molecule has 142 valence electrons. The van der Waals surface area contributed by atoms with E-state index in [9.17, 15) is 9.59 Å². The van der Waals surface area contributed by atoms with Gasteiger partial charge in [-0.2, -0.15) is 0 Å². The summed E-state index contributed by atoms with van der Waals surface area (Å²) in [4.78, 5) is 31.1. The van der Waals surface area contributed by atoms with Gasteiger partial charge in [0.15, 0.2) is 11.9 Å². The maximum absolute atomic E-state index is 12.2. The molecule has 0 bridgehead atoms. The van der Waals surface area contributed by atoms with Crippen LogP contribution in [0.5, 0.6) is 0 Å². The molecule has 1 atom stereocenters. The quantitative estimate of drug-likeness (QED) is 0.550. The number of allylic oxidation sites excluding steroid dienone is 1. The van der Waals surface area contributed by atoms with Crippen molar-refractivity contribution in [1.29, 1.82) is 0 Å². The lowest BCUT2D eigenvalue weighted by Gasteiger charge is -2.12. The highest BCUT2D eigenvalue weighted by atomic mass is 16.5. The zero-order chi connectivity index (χ0) is 19.8. The average Bonchev–Trinajstić information content (AvgIpc) is 3.30. The van der Waals surface area contributed by atoms with Crippen molar-refractivity contribution < 1.29 is 23.8 Å². The van der Waals surface area contributed by atoms with E-state index in [-0.39, 0.29) is 5.69 Å². The second-order valence-corrected chi connectivity index (χ2v) is 6.46. The Kier molecular flexibility index (Phi) is 4.35. The Balaban J connectivity index is 1.87. The fraction of sp³-hybridized carbons (Fsp3) is 0.190. The van der Waals surface area contributed by atoms with Crippen LogP contribution in [0.25, 0.3) is 21.8 Å². The maximum atomic E-state index is 12.2. The topological polar surface area (TPSA) is 90.5 Å². The number of methoxy groups -OCH3 is 1. The molecule has 0 spiro atoms. The number of carbonyl (C=O) groups excluding carboxylic acids is 2. The number of nitrogens with one attached hydrogen (secondary N) is 1. The zero-order valence-electron chi connectivity index (χ0n) is 15.6. The summed E-state index contributed by atoms with van der Waals surface area (Å²) in [5, 5.41) is 1.85. The Morgan fingerprint density at radius 1 is 1.25 bits per heavy atom. The van der Waals surface area contributed by atoms with Crippen LogP contribution >= 0.6 is 0 Å². The van der Waals surface area contributed by atoms with Crippen molar-refractivity contribution in [1.82, 2.24) is 9.97 Å². The van der Waals surface area contributed by atoms with E-state index >= 15 is 0 Å². The van der Waals surface area contributed by atoms with Crippen molar-refractivity contribution in [2.45, 2.75) is 20.0 Å².